The van der Waals surface area contributed by atoms with Gasteiger partial charge in [-0.2, -0.15) is 0 Å². The zero-order valence-electron chi connectivity index (χ0n) is 15.7. The Morgan fingerprint density at radius 3 is 2.19 bits per heavy atom. The maximum Gasteiger partial charge on any atom is 0.265 e. The lowest BCUT2D eigenvalue weighted by molar-refractivity contribution is -0.122. The number of carbonyl (C=O) groups is 1. The predicted molar refractivity (Wildman–Crippen MR) is 103 cm³/mol. The van der Waals surface area contributed by atoms with Gasteiger partial charge in [0.15, 0.2) is 6.10 Å². The minimum Gasteiger partial charge on any atom is -0.481 e. The Morgan fingerprint density at radius 2 is 1.65 bits per heavy atom. The van der Waals surface area contributed by atoms with Gasteiger partial charge in [-0.15, -0.1) is 0 Å². The van der Waals surface area contributed by atoms with Gasteiger partial charge in [-0.3, -0.25) is 9.69 Å². The Balaban J connectivity index is 1.95. The van der Waals surface area contributed by atoms with E-state index in [2.05, 4.69) is 24.1 Å². The number of amides is 1. The van der Waals surface area contributed by atoms with Crippen molar-refractivity contribution in [3.05, 3.63) is 59.9 Å². The SMILES string of the molecule is CCC(Oc1ccc(F)cc1)C(=O)Nc1ccc(CN(CC)CC)cc1. The average Bonchev–Trinajstić information content (AvgIpc) is 2.66. The smallest absolute Gasteiger partial charge is 0.265 e. The van der Waals surface area contributed by atoms with Crippen molar-refractivity contribution in [1.82, 2.24) is 4.90 Å². The molecule has 2 aromatic carbocycles. The molecule has 140 valence electrons. The van der Waals surface area contributed by atoms with Crippen LogP contribution in [0.15, 0.2) is 48.5 Å². The van der Waals surface area contributed by atoms with Crippen LogP contribution in [0.5, 0.6) is 5.75 Å². The molecule has 0 aromatic heterocycles. The van der Waals surface area contributed by atoms with Gasteiger partial charge in [0.1, 0.15) is 11.6 Å². The van der Waals surface area contributed by atoms with E-state index in [0.717, 1.165) is 25.3 Å². The molecule has 0 radical (unpaired) electrons. The van der Waals surface area contributed by atoms with Gasteiger partial charge in [0.25, 0.3) is 5.91 Å². The van der Waals surface area contributed by atoms with Crippen LogP contribution in [0.2, 0.25) is 0 Å². The first-order valence-corrected chi connectivity index (χ1v) is 9.10. The van der Waals surface area contributed by atoms with Crippen LogP contribution in [0, 0.1) is 5.82 Å². The van der Waals surface area contributed by atoms with E-state index in [1.54, 1.807) is 0 Å². The first kappa shape index (κ1) is 19.9. The van der Waals surface area contributed by atoms with E-state index < -0.39 is 6.10 Å². The van der Waals surface area contributed by atoms with Crippen molar-refractivity contribution in [2.45, 2.75) is 39.8 Å². The summed E-state index contributed by atoms with van der Waals surface area (Å²) in [7, 11) is 0. The van der Waals surface area contributed by atoms with Crippen molar-refractivity contribution in [3.8, 4) is 5.75 Å². The molecule has 0 fully saturated rings. The molecule has 0 aliphatic carbocycles. The van der Waals surface area contributed by atoms with Gasteiger partial charge in [-0.05, 0) is 61.5 Å². The summed E-state index contributed by atoms with van der Waals surface area (Å²) in [5.74, 6) is -0.0732. The largest absolute Gasteiger partial charge is 0.481 e. The number of ether oxygens (including phenoxy) is 1. The second-order valence-electron chi connectivity index (χ2n) is 6.12. The fourth-order valence-corrected chi connectivity index (χ4v) is 2.62. The van der Waals surface area contributed by atoms with Crippen LogP contribution in [-0.2, 0) is 11.3 Å². The lowest BCUT2D eigenvalue weighted by Crippen LogP contribution is -2.32. The molecule has 0 bridgehead atoms. The molecule has 0 aliphatic heterocycles. The normalized spacial score (nSPS) is 12.0. The highest BCUT2D eigenvalue weighted by Gasteiger charge is 2.18. The van der Waals surface area contributed by atoms with Crippen LogP contribution in [0.4, 0.5) is 10.1 Å². The number of rotatable bonds is 9. The maximum atomic E-state index is 13.0. The van der Waals surface area contributed by atoms with E-state index in [9.17, 15) is 9.18 Å². The first-order valence-electron chi connectivity index (χ1n) is 9.10. The number of hydrogen-bond acceptors (Lipinski definition) is 3. The quantitative estimate of drug-likeness (QED) is 0.719. The molecule has 0 spiro atoms. The zero-order chi connectivity index (χ0) is 18.9. The van der Waals surface area contributed by atoms with E-state index >= 15 is 0 Å². The van der Waals surface area contributed by atoms with Gasteiger partial charge < -0.3 is 10.1 Å². The maximum absolute atomic E-state index is 13.0. The Kier molecular flexibility index (Phi) is 7.60. The van der Waals surface area contributed by atoms with Crippen LogP contribution in [-0.4, -0.2) is 30.0 Å². The summed E-state index contributed by atoms with van der Waals surface area (Å²) < 4.78 is 18.6. The van der Waals surface area contributed by atoms with E-state index in [4.69, 9.17) is 4.74 Å². The summed E-state index contributed by atoms with van der Waals surface area (Å²) in [4.78, 5) is 14.8. The summed E-state index contributed by atoms with van der Waals surface area (Å²) in [6, 6.07) is 13.5. The van der Waals surface area contributed by atoms with Crippen molar-refractivity contribution in [2.24, 2.45) is 0 Å². The number of halogens is 1. The molecule has 1 unspecified atom stereocenters. The van der Waals surface area contributed by atoms with Gasteiger partial charge in [0, 0.05) is 12.2 Å². The molecule has 2 rings (SSSR count). The second kappa shape index (κ2) is 9.92. The highest BCUT2D eigenvalue weighted by atomic mass is 19.1. The van der Waals surface area contributed by atoms with E-state index in [1.807, 2.05) is 31.2 Å². The van der Waals surface area contributed by atoms with Crippen molar-refractivity contribution >= 4 is 11.6 Å². The summed E-state index contributed by atoms with van der Waals surface area (Å²) >= 11 is 0. The lowest BCUT2D eigenvalue weighted by Gasteiger charge is -2.19. The lowest BCUT2D eigenvalue weighted by atomic mass is 10.2. The van der Waals surface area contributed by atoms with Crippen molar-refractivity contribution in [1.29, 1.82) is 0 Å². The first-order chi connectivity index (χ1) is 12.5. The topological polar surface area (TPSA) is 41.6 Å². The van der Waals surface area contributed by atoms with E-state index in [1.165, 1.54) is 29.8 Å². The number of nitrogens with one attached hydrogen (secondary N) is 1. The van der Waals surface area contributed by atoms with Gasteiger partial charge in [0.05, 0.1) is 0 Å². The van der Waals surface area contributed by atoms with Crippen LogP contribution in [0.25, 0.3) is 0 Å². The minimum absolute atomic E-state index is 0.215. The fourth-order valence-electron chi connectivity index (χ4n) is 2.62. The van der Waals surface area contributed by atoms with Gasteiger partial charge in [-0.1, -0.05) is 32.9 Å². The Morgan fingerprint density at radius 1 is 1.04 bits per heavy atom. The predicted octanol–water partition coefficient (Wildman–Crippen LogP) is 4.46. The van der Waals surface area contributed by atoms with Crippen LogP contribution < -0.4 is 10.1 Å². The highest BCUT2D eigenvalue weighted by Crippen LogP contribution is 2.17. The highest BCUT2D eigenvalue weighted by molar-refractivity contribution is 5.94. The molecule has 0 saturated heterocycles. The molecule has 1 N–H and O–H groups in total. The third kappa shape index (κ3) is 5.85. The van der Waals surface area contributed by atoms with Gasteiger partial charge >= 0.3 is 0 Å². The molecule has 4 nitrogen and oxygen atoms in total. The van der Waals surface area contributed by atoms with Crippen molar-refractivity contribution in [3.63, 3.8) is 0 Å². The van der Waals surface area contributed by atoms with Crippen LogP contribution in [0.3, 0.4) is 0 Å². The Bertz CT molecular complexity index is 682. The third-order valence-corrected chi connectivity index (χ3v) is 4.28. The van der Waals surface area contributed by atoms with Crippen molar-refractivity contribution in [2.75, 3.05) is 18.4 Å². The monoisotopic (exact) mass is 358 g/mol. The molecule has 26 heavy (non-hydrogen) atoms. The Hall–Kier alpha value is -2.40. The minimum atomic E-state index is -0.629. The van der Waals surface area contributed by atoms with Gasteiger partial charge in [0.2, 0.25) is 0 Å². The summed E-state index contributed by atoms with van der Waals surface area (Å²) in [6.07, 6.45) is -0.112. The zero-order valence-corrected chi connectivity index (χ0v) is 15.7. The number of anilines is 1. The Labute approximate surface area is 155 Å². The van der Waals surface area contributed by atoms with Crippen LogP contribution >= 0.6 is 0 Å². The fraction of sp³-hybridized carbons (Fsp3) is 0.381. The molecular weight excluding hydrogens is 331 g/mol. The summed E-state index contributed by atoms with van der Waals surface area (Å²) in [5, 5.41) is 2.88. The summed E-state index contributed by atoms with van der Waals surface area (Å²) in [6.45, 7) is 9.07. The molecule has 1 amide bonds. The molecule has 0 saturated carbocycles. The average molecular weight is 358 g/mol. The molecule has 0 aliphatic rings. The third-order valence-electron chi connectivity index (χ3n) is 4.28. The molecule has 5 heteroatoms. The molecule has 1 atom stereocenters. The molecular formula is C21H27FN2O2. The summed E-state index contributed by atoms with van der Waals surface area (Å²) in [5.41, 5.74) is 1.95. The number of nitrogens with zero attached hydrogens (tertiary/aromatic N) is 1. The number of carbonyl (C=O) groups excluding carboxylic acids is 1. The number of hydrogen-bond donors (Lipinski definition) is 1. The van der Waals surface area contributed by atoms with Crippen molar-refractivity contribution < 1.29 is 13.9 Å². The standard InChI is InChI=1S/C21H27FN2O2/c1-4-20(26-19-13-9-17(22)10-14-19)21(25)23-18-11-7-16(8-12-18)15-24(5-2)6-3/h7-14,20H,4-6,15H2,1-3H3,(H,23,25). The van der Waals surface area contributed by atoms with Crippen LogP contribution in [0.1, 0.15) is 32.8 Å². The van der Waals surface area contributed by atoms with E-state index in [0.29, 0.717) is 12.2 Å². The number of benzene rings is 2. The van der Waals surface area contributed by atoms with E-state index in [-0.39, 0.29) is 11.7 Å². The molecule has 2 aromatic rings. The second-order valence-corrected chi connectivity index (χ2v) is 6.12. The molecule has 0 heterocycles. The van der Waals surface area contributed by atoms with Gasteiger partial charge in [-0.25, -0.2) is 4.39 Å².